The average Bonchev–Trinajstić information content (AvgIpc) is 2.79. The molecule has 0 aliphatic rings. The molecule has 0 spiro atoms. The van der Waals surface area contributed by atoms with E-state index < -0.39 is 0 Å². The molecule has 0 unspecified atom stereocenters. The van der Waals surface area contributed by atoms with Crippen LogP contribution in [0.3, 0.4) is 0 Å². The van der Waals surface area contributed by atoms with Gasteiger partial charge in [0, 0.05) is 11.6 Å². The van der Waals surface area contributed by atoms with Crippen LogP contribution in [-0.2, 0) is 0 Å². The molecule has 1 N–H and O–H groups in total. The third kappa shape index (κ3) is 3.87. The molecule has 30 heavy (non-hydrogen) atoms. The first-order chi connectivity index (χ1) is 14.6. The summed E-state index contributed by atoms with van der Waals surface area (Å²) in [6.07, 6.45) is 1.73. The second kappa shape index (κ2) is 8.33. The van der Waals surface area contributed by atoms with Crippen LogP contribution in [0.15, 0.2) is 72.9 Å². The van der Waals surface area contributed by atoms with Crippen LogP contribution in [0.2, 0.25) is 0 Å². The van der Waals surface area contributed by atoms with Crippen molar-refractivity contribution in [2.24, 2.45) is 0 Å². The largest absolute Gasteiger partial charge is 0.497 e. The summed E-state index contributed by atoms with van der Waals surface area (Å²) in [5.41, 5.74) is 4.83. The number of aromatic nitrogens is 2. The van der Waals surface area contributed by atoms with Crippen LogP contribution in [-0.4, -0.2) is 23.0 Å². The molecule has 0 aliphatic carbocycles. The lowest BCUT2D eigenvalue weighted by molar-refractivity contribution is 0.0941. The summed E-state index contributed by atoms with van der Waals surface area (Å²) < 4.78 is 5.21. The number of carbonyl (C=O) groups excluding carboxylic acids is 1. The minimum atomic E-state index is -0.158. The molecule has 1 amide bonds. The molecule has 2 aromatic heterocycles. The van der Waals surface area contributed by atoms with E-state index >= 15 is 0 Å². The summed E-state index contributed by atoms with van der Waals surface area (Å²) in [4.78, 5) is 22.5. The van der Waals surface area contributed by atoms with Crippen LogP contribution in [0, 0.1) is 6.92 Å². The summed E-state index contributed by atoms with van der Waals surface area (Å²) in [6, 6.07) is 20.9. The average molecular weight is 397 g/mol. The number of fused-ring (bicyclic) bond motifs is 1. The zero-order valence-corrected chi connectivity index (χ0v) is 17.2. The smallest absolute Gasteiger partial charge is 0.252 e. The molecular weight excluding hydrogens is 374 g/mol. The van der Waals surface area contributed by atoms with Crippen molar-refractivity contribution in [1.29, 1.82) is 0 Å². The maximum Gasteiger partial charge on any atom is 0.252 e. The fourth-order valence-corrected chi connectivity index (χ4v) is 3.48. The fraction of sp³-hybridized carbons (Fsp3) is 0.160. The summed E-state index contributed by atoms with van der Waals surface area (Å²) >= 11 is 0. The van der Waals surface area contributed by atoms with Crippen LogP contribution in [0.25, 0.3) is 22.3 Å². The van der Waals surface area contributed by atoms with Crippen LogP contribution < -0.4 is 10.1 Å². The van der Waals surface area contributed by atoms with E-state index in [0.717, 1.165) is 33.5 Å². The lowest BCUT2D eigenvalue weighted by Gasteiger charge is -2.17. The topological polar surface area (TPSA) is 64.1 Å². The van der Waals surface area contributed by atoms with Crippen LogP contribution in [0.5, 0.6) is 5.75 Å². The highest BCUT2D eigenvalue weighted by molar-refractivity contribution is 6.07. The number of ether oxygens (including phenoxy) is 1. The van der Waals surface area contributed by atoms with Crippen molar-refractivity contribution in [2.45, 2.75) is 19.9 Å². The van der Waals surface area contributed by atoms with Gasteiger partial charge in [-0.1, -0.05) is 36.4 Å². The monoisotopic (exact) mass is 397 g/mol. The van der Waals surface area contributed by atoms with Crippen molar-refractivity contribution in [2.75, 3.05) is 7.11 Å². The Morgan fingerprint density at radius 2 is 1.80 bits per heavy atom. The number of methoxy groups -OCH3 is 1. The van der Waals surface area contributed by atoms with E-state index in [1.165, 1.54) is 0 Å². The molecule has 150 valence electrons. The number of hydrogen-bond acceptors (Lipinski definition) is 4. The van der Waals surface area contributed by atoms with Gasteiger partial charge in [-0.15, -0.1) is 0 Å². The molecule has 0 saturated carbocycles. The van der Waals surface area contributed by atoms with Gasteiger partial charge in [-0.2, -0.15) is 0 Å². The van der Waals surface area contributed by atoms with Gasteiger partial charge < -0.3 is 10.1 Å². The predicted octanol–water partition coefficient (Wildman–Crippen LogP) is 5.10. The normalized spacial score (nSPS) is 11.8. The Balaban J connectivity index is 1.73. The highest BCUT2D eigenvalue weighted by Crippen LogP contribution is 2.26. The Kier molecular flexibility index (Phi) is 5.44. The summed E-state index contributed by atoms with van der Waals surface area (Å²) in [5, 5.41) is 3.94. The highest BCUT2D eigenvalue weighted by Gasteiger charge is 2.18. The number of aryl methyl sites for hydroxylation is 1. The number of nitrogens with zero attached hydrogens (tertiary/aromatic N) is 2. The van der Waals surface area contributed by atoms with Crippen molar-refractivity contribution in [3.63, 3.8) is 0 Å². The molecule has 2 aromatic carbocycles. The molecule has 5 heteroatoms. The number of pyridine rings is 2. The Bertz CT molecular complexity index is 1190. The van der Waals surface area contributed by atoms with Crippen molar-refractivity contribution >= 4 is 16.8 Å². The molecule has 2 heterocycles. The van der Waals surface area contributed by atoms with Crippen LogP contribution >= 0.6 is 0 Å². The van der Waals surface area contributed by atoms with E-state index in [1.807, 2.05) is 80.6 Å². The second-order valence-electron chi connectivity index (χ2n) is 7.21. The van der Waals surface area contributed by atoms with Gasteiger partial charge in [0.05, 0.1) is 35.6 Å². The number of rotatable bonds is 5. The van der Waals surface area contributed by atoms with Crippen LogP contribution in [0.1, 0.15) is 34.5 Å². The first-order valence-corrected chi connectivity index (χ1v) is 9.83. The fourth-order valence-electron chi connectivity index (χ4n) is 3.48. The van der Waals surface area contributed by atoms with E-state index in [0.29, 0.717) is 11.3 Å². The molecule has 0 bridgehead atoms. The van der Waals surface area contributed by atoms with Gasteiger partial charge in [0.2, 0.25) is 0 Å². The Morgan fingerprint density at radius 3 is 2.50 bits per heavy atom. The van der Waals surface area contributed by atoms with Gasteiger partial charge in [0.15, 0.2) is 0 Å². The molecule has 0 radical (unpaired) electrons. The van der Waals surface area contributed by atoms with Crippen molar-refractivity contribution < 1.29 is 9.53 Å². The zero-order valence-electron chi connectivity index (χ0n) is 17.2. The highest BCUT2D eigenvalue weighted by atomic mass is 16.5. The van der Waals surface area contributed by atoms with Crippen molar-refractivity contribution in [3.05, 3.63) is 89.6 Å². The van der Waals surface area contributed by atoms with Gasteiger partial charge in [-0.25, -0.2) is 4.98 Å². The Hall–Kier alpha value is -3.73. The van der Waals surface area contributed by atoms with E-state index in [9.17, 15) is 4.79 Å². The molecule has 5 nitrogen and oxygen atoms in total. The zero-order chi connectivity index (χ0) is 21.1. The number of amides is 1. The first kappa shape index (κ1) is 19.6. The third-order valence-corrected chi connectivity index (χ3v) is 5.18. The number of para-hydroxylation sites is 1. The number of carbonyl (C=O) groups is 1. The lowest BCUT2D eigenvalue weighted by Crippen LogP contribution is -2.27. The SMILES string of the molecule is COc1ccc([C@H](C)NC(=O)c2cc(-c3ccccn3)nc3c(C)cccc23)cc1. The van der Waals surface area contributed by atoms with E-state index in [4.69, 9.17) is 9.72 Å². The standard InChI is InChI=1S/C25H23N3O2/c1-16-7-6-8-20-21(15-23(28-24(16)20)22-9-4-5-14-26-22)25(29)27-17(2)18-10-12-19(30-3)13-11-18/h4-15,17H,1-3H3,(H,27,29)/t17-/m0/s1. The van der Waals surface area contributed by atoms with Gasteiger partial charge in [-0.3, -0.25) is 9.78 Å². The molecule has 0 fully saturated rings. The van der Waals surface area contributed by atoms with E-state index in [-0.39, 0.29) is 11.9 Å². The quantitative estimate of drug-likeness (QED) is 0.509. The van der Waals surface area contributed by atoms with E-state index in [2.05, 4.69) is 10.3 Å². The maximum atomic E-state index is 13.3. The summed E-state index contributed by atoms with van der Waals surface area (Å²) in [7, 11) is 1.63. The molecule has 0 saturated heterocycles. The third-order valence-electron chi connectivity index (χ3n) is 5.18. The van der Waals surface area contributed by atoms with E-state index in [1.54, 1.807) is 13.3 Å². The second-order valence-corrected chi connectivity index (χ2v) is 7.21. The Morgan fingerprint density at radius 1 is 1.00 bits per heavy atom. The van der Waals surface area contributed by atoms with Gasteiger partial charge in [-0.05, 0) is 55.3 Å². The number of hydrogen-bond donors (Lipinski definition) is 1. The van der Waals surface area contributed by atoms with Gasteiger partial charge >= 0.3 is 0 Å². The molecule has 0 aliphatic heterocycles. The molecular formula is C25H23N3O2. The van der Waals surface area contributed by atoms with Crippen molar-refractivity contribution in [3.8, 4) is 17.1 Å². The Labute approximate surface area is 175 Å². The number of nitrogens with one attached hydrogen (secondary N) is 1. The van der Waals surface area contributed by atoms with Gasteiger partial charge in [0.1, 0.15) is 5.75 Å². The molecule has 4 rings (SSSR count). The number of benzene rings is 2. The minimum absolute atomic E-state index is 0.145. The molecule has 4 aromatic rings. The molecule has 1 atom stereocenters. The van der Waals surface area contributed by atoms with Crippen molar-refractivity contribution in [1.82, 2.24) is 15.3 Å². The summed E-state index contributed by atoms with van der Waals surface area (Å²) in [6.45, 7) is 3.97. The predicted molar refractivity (Wildman–Crippen MR) is 119 cm³/mol. The lowest BCUT2D eigenvalue weighted by atomic mass is 10.0. The maximum absolute atomic E-state index is 13.3. The minimum Gasteiger partial charge on any atom is -0.497 e. The van der Waals surface area contributed by atoms with Crippen LogP contribution in [0.4, 0.5) is 0 Å². The summed E-state index contributed by atoms with van der Waals surface area (Å²) in [5.74, 6) is 0.640. The first-order valence-electron chi connectivity index (χ1n) is 9.83. The van der Waals surface area contributed by atoms with Gasteiger partial charge in [0.25, 0.3) is 5.91 Å².